The van der Waals surface area contributed by atoms with Crippen LogP contribution in [0.15, 0.2) is 89.0 Å². The summed E-state index contributed by atoms with van der Waals surface area (Å²) in [6, 6.07) is 16.1. The third-order valence-electron chi connectivity index (χ3n) is 7.88. The van der Waals surface area contributed by atoms with Crippen molar-refractivity contribution in [3.63, 3.8) is 0 Å². The van der Waals surface area contributed by atoms with Crippen molar-refractivity contribution in [3.8, 4) is 22.9 Å². The van der Waals surface area contributed by atoms with Gasteiger partial charge in [0.25, 0.3) is 11.8 Å². The average molecular weight is 698 g/mol. The van der Waals surface area contributed by atoms with E-state index in [1.54, 1.807) is 36.4 Å². The van der Waals surface area contributed by atoms with Crippen molar-refractivity contribution < 1.29 is 78.6 Å². The normalized spacial score (nSPS) is 17.5. The molecule has 1 fully saturated rings. The van der Waals surface area contributed by atoms with Crippen LogP contribution in [0.1, 0.15) is 11.8 Å². The second kappa shape index (κ2) is 14.0. The van der Waals surface area contributed by atoms with Gasteiger partial charge in [-0.1, -0.05) is 18.2 Å². The van der Waals surface area contributed by atoms with Crippen molar-refractivity contribution in [3.05, 3.63) is 106 Å². The number of nitrogens with one attached hydrogen (secondary N) is 1. The van der Waals surface area contributed by atoms with Crippen LogP contribution in [0.5, 0.6) is 17.2 Å². The van der Waals surface area contributed by atoms with E-state index in [0.717, 1.165) is 4.90 Å². The van der Waals surface area contributed by atoms with Gasteiger partial charge in [0, 0.05) is 29.3 Å². The molecule has 0 saturated carbocycles. The first-order valence-electron chi connectivity index (χ1n) is 14.5. The standard InChI is InChI=1S/C33H24FN3O10S.Na.H/c34-18-6-8-19(9-7-18)36-12-22(29(39)21-10-24-25(11-23(21)36)47-16-46-24)33(43)45-13-17-15-48-31-27(30(40)37(31)28(17)32(41)42)35-26(38)14-44-20-4-2-1-3-5-20;;/h1-12,27,31H,13-16H2,(H,35,38)(H,41,42);;/q;+1;-1/t27?,31-;;/m1../s1. The summed E-state index contributed by atoms with van der Waals surface area (Å²) < 4.78 is 37.0. The number of aromatic nitrogens is 1. The molecule has 0 spiro atoms. The number of ether oxygens (including phenoxy) is 4. The Morgan fingerprint density at radius 1 is 1.04 bits per heavy atom. The minimum Gasteiger partial charge on any atom is -1.00 e. The molecule has 49 heavy (non-hydrogen) atoms. The van der Waals surface area contributed by atoms with Gasteiger partial charge in [0.1, 0.15) is 40.8 Å². The van der Waals surface area contributed by atoms with Crippen LogP contribution in [-0.2, 0) is 19.1 Å². The molecule has 3 aliphatic heterocycles. The van der Waals surface area contributed by atoms with Crippen molar-refractivity contribution in [2.45, 2.75) is 11.4 Å². The first-order chi connectivity index (χ1) is 23.2. The van der Waals surface area contributed by atoms with Gasteiger partial charge in [-0.2, -0.15) is 0 Å². The van der Waals surface area contributed by atoms with Crippen molar-refractivity contribution in [2.24, 2.45) is 0 Å². The molecular weight excluding hydrogens is 672 g/mol. The van der Waals surface area contributed by atoms with E-state index in [-0.39, 0.29) is 72.4 Å². The Kier molecular flexibility index (Phi) is 9.70. The summed E-state index contributed by atoms with van der Waals surface area (Å²) in [4.78, 5) is 65.8. The summed E-state index contributed by atoms with van der Waals surface area (Å²) in [7, 11) is 0. The first-order valence-corrected chi connectivity index (χ1v) is 15.5. The number of amides is 2. The topological polar surface area (TPSA) is 163 Å². The van der Waals surface area contributed by atoms with Gasteiger partial charge in [0.05, 0.1) is 10.9 Å². The van der Waals surface area contributed by atoms with Crippen LogP contribution in [0.2, 0.25) is 0 Å². The Morgan fingerprint density at radius 3 is 2.47 bits per heavy atom. The van der Waals surface area contributed by atoms with Gasteiger partial charge in [0.2, 0.25) is 12.2 Å². The van der Waals surface area contributed by atoms with Crippen LogP contribution in [0.3, 0.4) is 0 Å². The average Bonchev–Trinajstić information content (AvgIpc) is 3.56. The number of aliphatic carboxylic acids is 1. The molecule has 16 heteroatoms. The number of halogens is 1. The van der Waals surface area contributed by atoms with Gasteiger partial charge in [-0.3, -0.25) is 19.3 Å². The van der Waals surface area contributed by atoms with E-state index < -0.39 is 53.0 Å². The first kappa shape index (κ1) is 34.0. The molecule has 0 aliphatic carbocycles. The van der Waals surface area contributed by atoms with Crippen LogP contribution >= 0.6 is 11.8 Å². The van der Waals surface area contributed by atoms with Gasteiger partial charge >= 0.3 is 41.5 Å². The molecule has 4 heterocycles. The molecular formula is C33H25FN3NaO10S. The number of pyridine rings is 1. The maximum absolute atomic E-state index is 13.7. The van der Waals surface area contributed by atoms with E-state index in [4.69, 9.17) is 18.9 Å². The summed E-state index contributed by atoms with van der Waals surface area (Å²) in [6.07, 6.45) is 1.26. The van der Waals surface area contributed by atoms with Crippen molar-refractivity contribution in [1.82, 2.24) is 14.8 Å². The monoisotopic (exact) mass is 697 g/mol. The van der Waals surface area contributed by atoms with E-state index in [1.165, 1.54) is 52.9 Å². The Labute approximate surface area is 304 Å². The Morgan fingerprint density at radius 2 is 1.76 bits per heavy atom. The fourth-order valence-electron chi connectivity index (χ4n) is 5.58. The molecule has 0 bridgehead atoms. The maximum Gasteiger partial charge on any atom is 1.00 e. The molecule has 4 aromatic rings. The molecule has 1 saturated heterocycles. The number of nitrogens with zero attached hydrogens (tertiary/aromatic N) is 2. The van der Waals surface area contributed by atoms with Gasteiger partial charge in [-0.15, -0.1) is 11.8 Å². The fraction of sp³-hybridized carbons (Fsp3) is 0.182. The van der Waals surface area contributed by atoms with E-state index >= 15 is 0 Å². The fourth-order valence-corrected chi connectivity index (χ4v) is 6.91. The third kappa shape index (κ3) is 6.49. The largest absolute Gasteiger partial charge is 1.00 e. The number of esters is 1. The SMILES string of the molecule is O=C(COc1ccccc1)NC1C(=O)N2C(C(=O)O)=C(COC(=O)c3cn(-c4ccc(F)cc4)c4cc5c(cc4c3=O)OCO5)CS[C@H]12.[H-].[Na+]. The van der Waals surface area contributed by atoms with Gasteiger partial charge in [-0.05, 0) is 42.5 Å². The molecule has 2 atom stereocenters. The summed E-state index contributed by atoms with van der Waals surface area (Å²) in [5, 5.41) is 12.0. The number of hydrogen-bond acceptors (Lipinski definition) is 10. The number of benzene rings is 3. The molecule has 246 valence electrons. The number of hydrogen-bond donors (Lipinski definition) is 2. The number of carbonyl (C=O) groups excluding carboxylic acids is 3. The molecule has 3 aromatic carbocycles. The second-order valence-corrected chi connectivity index (χ2v) is 11.9. The van der Waals surface area contributed by atoms with Gasteiger partial charge in [0.15, 0.2) is 18.1 Å². The number of fused-ring (bicyclic) bond motifs is 3. The number of β-lactam (4-membered cyclic amide) rings is 1. The molecule has 3 aliphatic rings. The quantitative estimate of drug-likeness (QED) is 0.137. The van der Waals surface area contributed by atoms with Crippen LogP contribution in [0.4, 0.5) is 4.39 Å². The molecule has 2 amide bonds. The Bertz CT molecular complexity index is 2100. The van der Waals surface area contributed by atoms with Crippen molar-refractivity contribution >= 4 is 46.4 Å². The van der Waals surface area contributed by atoms with Crippen LogP contribution in [0, 0.1) is 5.82 Å². The van der Waals surface area contributed by atoms with Crippen molar-refractivity contribution in [2.75, 3.05) is 25.8 Å². The number of para-hydroxylation sites is 1. The van der Waals surface area contributed by atoms with Gasteiger partial charge in [-0.25, -0.2) is 14.0 Å². The zero-order valence-electron chi connectivity index (χ0n) is 26.7. The van der Waals surface area contributed by atoms with E-state index in [0.29, 0.717) is 28.5 Å². The third-order valence-corrected chi connectivity index (χ3v) is 9.22. The van der Waals surface area contributed by atoms with Crippen molar-refractivity contribution in [1.29, 1.82) is 0 Å². The van der Waals surface area contributed by atoms with Crippen LogP contribution in [-0.4, -0.2) is 75.5 Å². The van der Waals surface area contributed by atoms with E-state index in [9.17, 15) is 33.5 Å². The van der Waals surface area contributed by atoms with E-state index in [1.807, 2.05) is 0 Å². The molecule has 13 nitrogen and oxygen atoms in total. The zero-order valence-corrected chi connectivity index (χ0v) is 28.5. The molecule has 1 aromatic heterocycles. The van der Waals surface area contributed by atoms with Crippen LogP contribution in [0.25, 0.3) is 16.6 Å². The number of thioether (sulfide) groups is 1. The molecule has 0 radical (unpaired) electrons. The molecule has 2 N–H and O–H groups in total. The minimum absolute atomic E-state index is 0. The minimum atomic E-state index is -1.42. The Hall–Kier alpha value is -4.83. The predicted molar refractivity (Wildman–Crippen MR) is 169 cm³/mol. The zero-order chi connectivity index (χ0) is 33.5. The Balaban J connectivity index is 0.00000243. The smallest absolute Gasteiger partial charge is 1.00 e. The van der Waals surface area contributed by atoms with Gasteiger partial charge < -0.3 is 35.4 Å². The predicted octanol–water partition coefficient (Wildman–Crippen LogP) is -0.0506. The number of rotatable bonds is 9. The summed E-state index contributed by atoms with van der Waals surface area (Å²) in [6.45, 7) is -0.920. The summed E-state index contributed by atoms with van der Waals surface area (Å²) in [5.74, 6) is -2.91. The van der Waals surface area contributed by atoms with Crippen LogP contribution < -0.4 is 54.5 Å². The summed E-state index contributed by atoms with van der Waals surface area (Å²) in [5.41, 5.74) is -0.481. The summed E-state index contributed by atoms with van der Waals surface area (Å²) >= 11 is 1.19. The number of carboxylic acid groups (broad SMARTS) is 1. The number of carbonyl (C=O) groups is 4. The number of carboxylic acids is 1. The second-order valence-electron chi connectivity index (χ2n) is 10.8. The maximum atomic E-state index is 13.7. The molecule has 1 unspecified atom stereocenters. The van der Waals surface area contributed by atoms with E-state index in [2.05, 4.69) is 5.32 Å². The molecule has 7 rings (SSSR count).